The van der Waals surface area contributed by atoms with E-state index in [1.165, 1.54) is 17.8 Å². The number of ether oxygens (including phenoxy) is 1. The van der Waals surface area contributed by atoms with Crippen molar-refractivity contribution in [2.45, 2.75) is 26.0 Å². The third-order valence-electron chi connectivity index (χ3n) is 3.84. The van der Waals surface area contributed by atoms with Crippen LogP contribution in [0, 0.1) is 0 Å². The van der Waals surface area contributed by atoms with E-state index in [1.54, 1.807) is 6.07 Å². The van der Waals surface area contributed by atoms with Crippen LogP contribution in [0.2, 0.25) is 0 Å². The lowest BCUT2D eigenvalue weighted by Crippen LogP contribution is -2.22. The van der Waals surface area contributed by atoms with Crippen molar-refractivity contribution in [2.75, 3.05) is 0 Å². The minimum atomic E-state index is -0.350. The summed E-state index contributed by atoms with van der Waals surface area (Å²) in [4.78, 5) is 11.8. The van der Waals surface area contributed by atoms with E-state index < -0.39 is 0 Å². The maximum absolute atomic E-state index is 11.8. The quantitative estimate of drug-likeness (QED) is 0.793. The van der Waals surface area contributed by atoms with E-state index in [4.69, 9.17) is 13.8 Å². The minimum absolute atomic E-state index is 0.156. The number of hydrogen-bond donors (Lipinski definition) is 1. The molecule has 1 aromatic carbocycles. The van der Waals surface area contributed by atoms with Gasteiger partial charge in [-0.3, -0.25) is 4.79 Å². The zero-order valence-electron chi connectivity index (χ0n) is 13.0. The molecule has 1 aliphatic heterocycles. The maximum atomic E-state index is 11.8. The highest BCUT2D eigenvalue weighted by molar-refractivity contribution is 5.91. The average molecular weight is 325 g/mol. The molecule has 1 atom stereocenters. The third kappa shape index (κ3) is 2.76. The molecule has 0 spiro atoms. The summed E-state index contributed by atoms with van der Waals surface area (Å²) in [5.74, 6) is 1.32. The van der Waals surface area contributed by atoms with Crippen LogP contribution in [0.3, 0.4) is 0 Å². The van der Waals surface area contributed by atoms with Crippen LogP contribution < -0.4 is 10.1 Å². The Hall–Kier alpha value is -3.09. The van der Waals surface area contributed by atoms with Crippen molar-refractivity contribution in [2.24, 2.45) is 0 Å². The number of amides is 1. The Morgan fingerprint density at radius 2 is 2.21 bits per heavy atom. The monoisotopic (exact) mass is 325 g/mol. The van der Waals surface area contributed by atoms with Crippen molar-refractivity contribution in [1.29, 1.82) is 0 Å². The molecule has 0 saturated carbocycles. The predicted octanol–water partition coefficient (Wildman–Crippen LogP) is 2.58. The molecule has 0 radical (unpaired) electrons. The summed E-state index contributed by atoms with van der Waals surface area (Å²) in [6.45, 7) is 2.28. The second kappa shape index (κ2) is 5.84. The third-order valence-corrected chi connectivity index (χ3v) is 3.84. The van der Waals surface area contributed by atoms with Gasteiger partial charge in [0.05, 0.1) is 12.7 Å². The lowest BCUT2D eigenvalue weighted by Gasteiger charge is -2.03. The number of rotatable bonds is 4. The largest absolute Gasteiger partial charge is 0.490 e. The highest BCUT2D eigenvalue weighted by atomic mass is 16.5. The molecule has 7 nitrogen and oxygen atoms in total. The van der Waals surface area contributed by atoms with Crippen LogP contribution >= 0.6 is 0 Å². The topological polar surface area (TPSA) is 90.4 Å². The maximum Gasteiger partial charge on any atom is 0.290 e. The van der Waals surface area contributed by atoms with Gasteiger partial charge in [-0.2, -0.15) is 0 Å². The SMILES string of the molecule is CC1Cc2ccc(-c3cc(CNC(=O)c4ccno4)no3)cc2O1. The van der Waals surface area contributed by atoms with Gasteiger partial charge < -0.3 is 19.1 Å². The van der Waals surface area contributed by atoms with Crippen molar-refractivity contribution in [1.82, 2.24) is 15.6 Å². The van der Waals surface area contributed by atoms with E-state index >= 15 is 0 Å². The summed E-state index contributed by atoms with van der Waals surface area (Å²) >= 11 is 0. The van der Waals surface area contributed by atoms with Gasteiger partial charge in [0.15, 0.2) is 5.76 Å². The van der Waals surface area contributed by atoms with Crippen molar-refractivity contribution in [3.63, 3.8) is 0 Å². The molecule has 1 amide bonds. The van der Waals surface area contributed by atoms with Gasteiger partial charge in [0.1, 0.15) is 17.5 Å². The van der Waals surface area contributed by atoms with Gasteiger partial charge in [-0.05, 0) is 18.6 Å². The van der Waals surface area contributed by atoms with Crippen LogP contribution in [0.5, 0.6) is 5.75 Å². The Bertz CT molecular complexity index is 870. The summed E-state index contributed by atoms with van der Waals surface area (Å²) in [5.41, 5.74) is 2.71. The van der Waals surface area contributed by atoms with E-state index in [-0.39, 0.29) is 24.3 Å². The molecule has 1 unspecified atom stereocenters. The van der Waals surface area contributed by atoms with Gasteiger partial charge >= 0.3 is 0 Å². The number of nitrogens with zero attached hydrogens (tertiary/aromatic N) is 2. The number of benzene rings is 1. The Morgan fingerprint density at radius 1 is 1.29 bits per heavy atom. The Morgan fingerprint density at radius 3 is 3.04 bits per heavy atom. The van der Waals surface area contributed by atoms with Crippen LogP contribution in [-0.4, -0.2) is 22.3 Å². The molecule has 24 heavy (non-hydrogen) atoms. The first-order valence-electron chi connectivity index (χ1n) is 7.63. The molecular weight excluding hydrogens is 310 g/mol. The molecular formula is C17H15N3O4. The van der Waals surface area contributed by atoms with Crippen molar-refractivity contribution < 1.29 is 18.6 Å². The highest BCUT2D eigenvalue weighted by Gasteiger charge is 2.20. The Balaban J connectivity index is 1.45. The lowest BCUT2D eigenvalue weighted by atomic mass is 10.1. The molecule has 0 bridgehead atoms. The number of fused-ring (bicyclic) bond motifs is 1. The number of hydrogen-bond acceptors (Lipinski definition) is 6. The normalized spacial score (nSPS) is 15.8. The Kier molecular flexibility index (Phi) is 3.53. The van der Waals surface area contributed by atoms with Gasteiger partial charge in [0.25, 0.3) is 5.91 Å². The molecule has 122 valence electrons. The number of carbonyl (C=O) groups excluding carboxylic acids is 1. The van der Waals surface area contributed by atoms with Crippen molar-refractivity contribution >= 4 is 5.91 Å². The molecule has 7 heteroatoms. The summed E-state index contributed by atoms with van der Waals surface area (Å²) in [5, 5.41) is 10.2. The van der Waals surface area contributed by atoms with Crippen molar-refractivity contribution in [3.05, 3.63) is 53.5 Å². The summed E-state index contributed by atoms with van der Waals surface area (Å²) in [6, 6.07) is 9.27. The molecule has 2 aromatic heterocycles. The van der Waals surface area contributed by atoms with Crippen LogP contribution in [0.15, 0.2) is 45.6 Å². The van der Waals surface area contributed by atoms with E-state index in [9.17, 15) is 4.79 Å². The van der Waals surface area contributed by atoms with Crippen LogP contribution in [0.25, 0.3) is 11.3 Å². The minimum Gasteiger partial charge on any atom is -0.490 e. The fourth-order valence-corrected chi connectivity index (χ4v) is 2.68. The van der Waals surface area contributed by atoms with Crippen molar-refractivity contribution in [3.8, 4) is 17.1 Å². The molecule has 0 fully saturated rings. The smallest absolute Gasteiger partial charge is 0.290 e. The first kappa shape index (κ1) is 14.5. The summed E-state index contributed by atoms with van der Waals surface area (Å²) in [6.07, 6.45) is 2.54. The van der Waals surface area contributed by atoms with Gasteiger partial charge in [-0.25, -0.2) is 0 Å². The Labute approximate surface area is 137 Å². The van der Waals surface area contributed by atoms with Gasteiger partial charge in [-0.1, -0.05) is 22.4 Å². The predicted molar refractivity (Wildman–Crippen MR) is 83.4 cm³/mol. The highest BCUT2D eigenvalue weighted by Crippen LogP contribution is 2.33. The van der Waals surface area contributed by atoms with E-state index in [1.807, 2.05) is 25.1 Å². The molecule has 3 aromatic rings. The zero-order valence-corrected chi connectivity index (χ0v) is 13.0. The second-order valence-electron chi connectivity index (χ2n) is 5.70. The van der Waals surface area contributed by atoms with E-state index in [0.29, 0.717) is 11.5 Å². The number of nitrogens with one attached hydrogen (secondary N) is 1. The summed E-state index contributed by atoms with van der Waals surface area (Å²) in [7, 11) is 0. The van der Waals surface area contributed by atoms with Crippen LogP contribution in [0.1, 0.15) is 28.7 Å². The van der Waals surface area contributed by atoms with E-state index in [0.717, 1.165) is 17.7 Å². The van der Waals surface area contributed by atoms with Crippen LogP contribution in [-0.2, 0) is 13.0 Å². The average Bonchev–Trinajstić information content (AvgIpc) is 3.31. The zero-order chi connectivity index (χ0) is 16.5. The first-order chi connectivity index (χ1) is 11.7. The van der Waals surface area contributed by atoms with Gasteiger partial charge in [0, 0.05) is 24.1 Å². The number of carbonyl (C=O) groups is 1. The second-order valence-corrected chi connectivity index (χ2v) is 5.70. The fourth-order valence-electron chi connectivity index (χ4n) is 2.68. The molecule has 1 N–H and O–H groups in total. The lowest BCUT2D eigenvalue weighted by molar-refractivity contribution is 0.0913. The molecule has 1 aliphatic rings. The molecule has 3 heterocycles. The van der Waals surface area contributed by atoms with E-state index in [2.05, 4.69) is 15.6 Å². The first-order valence-corrected chi connectivity index (χ1v) is 7.63. The summed E-state index contributed by atoms with van der Waals surface area (Å²) < 4.78 is 15.9. The number of aromatic nitrogens is 2. The van der Waals surface area contributed by atoms with Gasteiger partial charge in [0.2, 0.25) is 5.76 Å². The molecule has 4 rings (SSSR count). The van der Waals surface area contributed by atoms with Crippen LogP contribution in [0.4, 0.5) is 0 Å². The van der Waals surface area contributed by atoms with Gasteiger partial charge in [-0.15, -0.1) is 0 Å². The molecule has 0 saturated heterocycles. The fraction of sp³-hybridized carbons (Fsp3) is 0.235. The molecule has 0 aliphatic carbocycles. The standard InChI is InChI=1S/C17H15N3O4/c1-10-6-11-2-3-12(7-15(11)22-10)16-8-13(20-24-16)9-18-17(21)14-4-5-19-23-14/h2-5,7-8,10H,6,9H2,1H3,(H,18,21).